The Labute approximate surface area is 108 Å². The molecule has 1 aromatic rings. The van der Waals surface area contributed by atoms with Crippen molar-refractivity contribution >= 4 is 11.6 Å². The predicted octanol–water partition coefficient (Wildman–Crippen LogP) is 1.93. The predicted molar refractivity (Wildman–Crippen MR) is 71.8 cm³/mol. The summed E-state index contributed by atoms with van der Waals surface area (Å²) >= 11 is 0. The van der Waals surface area contributed by atoms with Gasteiger partial charge in [0.2, 0.25) is 0 Å². The number of carbonyl (C=O) groups is 1. The molecule has 0 aromatic heterocycles. The molecule has 18 heavy (non-hydrogen) atoms. The van der Waals surface area contributed by atoms with Gasteiger partial charge >= 0.3 is 0 Å². The van der Waals surface area contributed by atoms with Crippen molar-refractivity contribution in [3.05, 3.63) is 24.3 Å². The molecule has 1 aliphatic heterocycles. The highest BCUT2D eigenvalue weighted by Gasteiger charge is 2.45. The van der Waals surface area contributed by atoms with E-state index >= 15 is 0 Å². The molecule has 98 valence electrons. The van der Waals surface area contributed by atoms with E-state index in [1.165, 1.54) is 0 Å². The molecular weight excluding hydrogens is 228 g/mol. The van der Waals surface area contributed by atoms with E-state index in [0.717, 1.165) is 11.4 Å². The molecule has 1 aliphatic rings. The second kappa shape index (κ2) is 4.98. The van der Waals surface area contributed by atoms with Crippen LogP contribution < -0.4 is 15.4 Å². The molecule has 1 amide bonds. The van der Waals surface area contributed by atoms with E-state index in [1.807, 2.05) is 38.1 Å². The van der Waals surface area contributed by atoms with E-state index < -0.39 is 5.60 Å². The fraction of sp³-hybridized carbons (Fsp3) is 0.500. The van der Waals surface area contributed by atoms with Crippen LogP contribution in [-0.2, 0) is 4.79 Å². The van der Waals surface area contributed by atoms with E-state index in [0.29, 0.717) is 25.9 Å². The number of hydrogen-bond acceptors (Lipinski definition) is 3. The highest BCUT2D eigenvalue weighted by molar-refractivity contribution is 6.02. The normalized spacial score (nSPS) is 17.3. The van der Waals surface area contributed by atoms with Crippen LogP contribution in [-0.4, -0.2) is 24.6 Å². The number of ether oxygens (including phenoxy) is 1. The van der Waals surface area contributed by atoms with E-state index in [2.05, 4.69) is 0 Å². The van der Waals surface area contributed by atoms with Crippen molar-refractivity contribution in [2.24, 2.45) is 5.73 Å². The van der Waals surface area contributed by atoms with Gasteiger partial charge in [-0.1, -0.05) is 26.0 Å². The fourth-order valence-electron chi connectivity index (χ4n) is 2.42. The maximum Gasteiger partial charge on any atom is 0.271 e. The molecule has 2 rings (SSSR count). The third-order valence-electron chi connectivity index (χ3n) is 3.59. The topological polar surface area (TPSA) is 55.6 Å². The standard InChI is InChI=1S/C14H20N2O2/c1-3-14(4-2)13(17)16(10-9-15)11-7-5-6-8-12(11)18-14/h5-8H,3-4,9-10,15H2,1-2H3. The minimum atomic E-state index is -0.733. The van der Waals surface area contributed by atoms with E-state index in [-0.39, 0.29) is 5.91 Å². The summed E-state index contributed by atoms with van der Waals surface area (Å²) < 4.78 is 5.97. The Morgan fingerprint density at radius 1 is 1.28 bits per heavy atom. The largest absolute Gasteiger partial charge is 0.475 e. The summed E-state index contributed by atoms with van der Waals surface area (Å²) in [5, 5.41) is 0. The molecule has 0 spiro atoms. The van der Waals surface area contributed by atoms with Crippen LogP contribution >= 0.6 is 0 Å². The molecule has 0 saturated heterocycles. The molecule has 0 unspecified atom stereocenters. The average Bonchev–Trinajstić information content (AvgIpc) is 2.42. The average molecular weight is 248 g/mol. The highest BCUT2D eigenvalue weighted by Crippen LogP contribution is 2.39. The summed E-state index contributed by atoms with van der Waals surface area (Å²) in [4.78, 5) is 14.4. The molecule has 0 fully saturated rings. The van der Waals surface area contributed by atoms with Crippen molar-refractivity contribution in [3.63, 3.8) is 0 Å². The maximum atomic E-state index is 12.6. The van der Waals surface area contributed by atoms with Gasteiger partial charge in [-0.25, -0.2) is 0 Å². The van der Waals surface area contributed by atoms with Gasteiger partial charge < -0.3 is 15.4 Å². The van der Waals surface area contributed by atoms with Crippen LogP contribution in [0.5, 0.6) is 5.75 Å². The lowest BCUT2D eigenvalue weighted by atomic mass is 9.93. The van der Waals surface area contributed by atoms with Crippen molar-refractivity contribution in [2.45, 2.75) is 32.3 Å². The second-order valence-electron chi connectivity index (χ2n) is 4.52. The maximum absolute atomic E-state index is 12.6. The van der Waals surface area contributed by atoms with Gasteiger partial charge in [-0.15, -0.1) is 0 Å². The molecule has 0 saturated carbocycles. The summed E-state index contributed by atoms with van der Waals surface area (Å²) in [6.07, 6.45) is 1.33. The van der Waals surface area contributed by atoms with Gasteiger partial charge in [0.25, 0.3) is 5.91 Å². The minimum Gasteiger partial charge on any atom is -0.475 e. The van der Waals surface area contributed by atoms with Gasteiger partial charge in [0, 0.05) is 13.1 Å². The molecule has 0 radical (unpaired) electrons. The van der Waals surface area contributed by atoms with Crippen LogP contribution in [0.3, 0.4) is 0 Å². The quantitative estimate of drug-likeness (QED) is 0.885. The number of fused-ring (bicyclic) bond motifs is 1. The van der Waals surface area contributed by atoms with Crippen LogP contribution in [0.2, 0.25) is 0 Å². The molecule has 0 atom stereocenters. The van der Waals surface area contributed by atoms with Crippen molar-refractivity contribution in [2.75, 3.05) is 18.0 Å². The number of nitrogens with zero attached hydrogens (tertiary/aromatic N) is 1. The van der Waals surface area contributed by atoms with Gasteiger partial charge in [0.1, 0.15) is 5.75 Å². The fourth-order valence-corrected chi connectivity index (χ4v) is 2.42. The number of anilines is 1. The van der Waals surface area contributed by atoms with Gasteiger partial charge in [0.15, 0.2) is 5.60 Å². The Kier molecular flexibility index (Phi) is 3.57. The lowest BCUT2D eigenvalue weighted by Gasteiger charge is -2.41. The van der Waals surface area contributed by atoms with Crippen molar-refractivity contribution in [3.8, 4) is 5.75 Å². The first-order valence-corrected chi connectivity index (χ1v) is 6.48. The van der Waals surface area contributed by atoms with Gasteiger partial charge in [-0.2, -0.15) is 0 Å². The van der Waals surface area contributed by atoms with Crippen LogP contribution in [0.1, 0.15) is 26.7 Å². The van der Waals surface area contributed by atoms with Crippen molar-refractivity contribution in [1.82, 2.24) is 0 Å². The first-order valence-electron chi connectivity index (χ1n) is 6.48. The Balaban J connectivity index is 2.49. The van der Waals surface area contributed by atoms with Crippen LogP contribution in [0.25, 0.3) is 0 Å². The van der Waals surface area contributed by atoms with Crippen LogP contribution in [0, 0.1) is 0 Å². The molecule has 1 heterocycles. The number of rotatable bonds is 4. The number of para-hydroxylation sites is 2. The van der Waals surface area contributed by atoms with Crippen LogP contribution in [0.4, 0.5) is 5.69 Å². The third kappa shape index (κ3) is 1.86. The summed E-state index contributed by atoms with van der Waals surface area (Å²) in [6.45, 7) is 4.94. The van der Waals surface area contributed by atoms with E-state index in [1.54, 1.807) is 4.90 Å². The van der Waals surface area contributed by atoms with Gasteiger partial charge in [-0.05, 0) is 25.0 Å². The number of carbonyl (C=O) groups excluding carboxylic acids is 1. The van der Waals surface area contributed by atoms with Crippen molar-refractivity contribution < 1.29 is 9.53 Å². The molecule has 1 aromatic carbocycles. The first-order chi connectivity index (χ1) is 8.68. The third-order valence-corrected chi connectivity index (χ3v) is 3.59. The Bertz CT molecular complexity index is 441. The lowest BCUT2D eigenvalue weighted by Crippen LogP contribution is -2.56. The van der Waals surface area contributed by atoms with E-state index in [9.17, 15) is 4.79 Å². The SMILES string of the molecule is CCC1(CC)Oc2ccccc2N(CCN)C1=O. The Morgan fingerprint density at radius 3 is 2.56 bits per heavy atom. The van der Waals surface area contributed by atoms with Gasteiger partial charge in [-0.3, -0.25) is 4.79 Å². The molecule has 4 heteroatoms. The Hall–Kier alpha value is -1.55. The van der Waals surface area contributed by atoms with Gasteiger partial charge in [0.05, 0.1) is 5.69 Å². The Morgan fingerprint density at radius 2 is 1.94 bits per heavy atom. The smallest absolute Gasteiger partial charge is 0.271 e. The van der Waals surface area contributed by atoms with Crippen molar-refractivity contribution in [1.29, 1.82) is 0 Å². The van der Waals surface area contributed by atoms with E-state index in [4.69, 9.17) is 10.5 Å². The monoisotopic (exact) mass is 248 g/mol. The number of amides is 1. The number of hydrogen-bond donors (Lipinski definition) is 1. The number of nitrogens with two attached hydrogens (primary N) is 1. The second-order valence-corrected chi connectivity index (χ2v) is 4.52. The zero-order valence-electron chi connectivity index (χ0n) is 11.0. The number of benzene rings is 1. The lowest BCUT2D eigenvalue weighted by molar-refractivity contribution is -0.136. The van der Waals surface area contributed by atoms with Crippen LogP contribution in [0.15, 0.2) is 24.3 Å². The zero-order valence-corrected chi connectivity index (χ0v) is 11.0. The summed E-state index contributed by atoms with van der Waals surface area (Å²) in [5.41, 5.74) is 5.71. The summed E-state index contributed by atoms with van der Waals surface area (Å²) in [7, 11) is 0. The summed E-state index contributed by atoms with van der Waals surface area (Å²) in [6, 6.07) is 7.64. The first kappa shape index (κ1) is 12.9. The molecule has 0 aliphatic carbocycles. The highest BCUT2D eigenvalue weighted by atomic mass is 16.5. The zero-order chi connectivity index (χ0) is 13.2. The molecule has 4 nitrogen and oxygen atoms in total. The molecular formula is C14H20N2O2. The molecule has 2 N–H and O–H groups in total. The minimum absolute atomic E-state index is 0.0247. The summed E-state index contributed by atoms with van der Waals surface area (Å²) in [5.74, 6) is 0.797. The molecule has 0 bridgehead atoms.